The molecule has 0 saturated carbocycles. The van der Waals surface area contributed by atoms with Crippen molar-refractivity contribution in [2.45, 2.75) is 25.9 Å². The third kappa shape index (κ3) is 3.10. The van der Waals surface area contributed by atoms with Crippen molar-refractivity contribution in [3.05, 3.63) is 29.3 Å². The second kappa shape index (κ2) is 6.10. The number of aldehydes is 1. The van der Waals surface area contributed by atoms with Gasteiger partial charge < -0.3 is 9.64 Å². The summed E-state index contributed by atoms with van der Waals surface area (Å²) in [6.45, 7) is 3.70. The maximum atomic E-state index is 13.9. The maximum Gasteiger partial charge on any atom is 0.150 e. The van der Waals surface area contributed by atoms with E-state index in [1.165, 1.54) is 0 Å². The average molecular weight is 269 g/mol. The van der Waals surface area contributed by atoms with Crippen LogP contribution in [0.15, 0.2) is 12.1 Å². The van der Waals surface area contributed by atoms with Crippen LogP contribution in [0.2, 0.25) is 0 Å². The molecule has 3 nitrogen and oxygen atoms in total. The minimum atomic E-state index is -0.683. The summed E-state index contributed by atoms with van der Waals surface area (Å²) in [5.74, 6) is -1.37. The van der Waals surface area contributed by atoms with Gasteiger partial charge in [-0.1, -0.05) is 0 Å². The van der Waals surface area contributed by atoms with Crippen LogP contribution < -0.4 is 4.90 Å². The Kier molecular flexibility index (Phi) is 4.47. The number of halogens is 2. The highest BCUT2D eigenvalue weighted by molar-refractivity contribution is 5.76. The van der Waals surface area contributed by atoms with Crippen molar-refractivity contribution >= 4 is 12.0 Å². The van der Waals surface area contributed by atoms with E-state index in [-0.39, 0.29) is 17.4 Å². The number of benzene rings is 1. The molecular weight excluding hydrogens is 252 g/mol. The molecule has 5 heteroatoms. The third-order valence-electron chi connectivity index (χ3n) is 3.34. The molecule has 0 aromatic heterocycles. The van der Waals surface area contributed by atoms with E-state index in [4.69, 9.17) is 4.74 Å². The van der Waals surface area contributed by atoms with Crippen LogP contribution in [0.5, 0.6) is 0 Å². The first-order valence-electron chi connectivity index (χ1n) is 6.46. The number of hydrogen-bond acceptors (Lipinski definition) is 3. The molecule has 0 radical (unpaired) electrons. The van der Waals surface area contributed by atoms with Crippen LogP contribution in [0, 0.1) is 11.6 Å². The average Bonchev–Trinajstić information content (AvgIpc) is 2.40. The summed E-state index contributed by atoms with van der Waals surface area (Å²) in [6, 6.07) is 2.14. The third-order valence-corrected chi connectivity index (χ3v) is 3.34. The fraction of sp³-hybridized carbons (Fsp3) is 0.500. The van der Waals surface area contributed by atoms with Gasteiger partial charge >= 0.3 is 0 Å². The summed E-state index contributed by atoms with van der Waals surface area (Å²) in [6.07, 6.45) is 2.11. The molecule has 0 unspecified atom stereocenters. The topological polar surface area (TPSA) is 29.5 Å². The Balaban J connectivity index is 2.13. The van der Waals surface area contributed by atoms with Gasteiger partial charge in [0.1, 0.15) is 23.6 Å². The quantitative estimate of drug-likeness (QED) is 0.787. The molecule has 1 saturated heterocycles. The molecule has 0 amide bonds. The van der Waals surface area contributed by atoms with Crippen molar-refractivity contribution in [3.63, 3.8) is 0 Å². The minimum absolute atomic E-state index is 0.0166. The van der Waals surface area contributed by atoms with E-state index in [2.05, 4.69) is 0 Å². The van der Waals surface area contributed by atoms with Crippen molar-refractivity contribution in [1.29, 1.82) is 0 Å². The Morgan fingerprint density at radius 3 is 2.37 bits per heavy atom. The van der Waals surface area contributed by atoms with Gasteiger partial charge in [0, 0.05) is 25.3 Å². The van der Waals surface area contributed by atoms with Crippen molar-refractivity contribution in [2.24, 2.45) is 0 Å². The molecule has 0 spiro atoms. The van der Waals surface area contributed by atoms with Gasteiger partial charge in [0.2, 0.25) is 0 Å². The number of ether oxygens (including phenoxy) is 1. The zero-order valence-corrected chi connectivity index (χ0v) is 10.9. The molecule has 19 heavy (non-hydrogen) atoms. The monoisotopic (exact) mass is 269 g/mol. The molecular formula is C14H17F2NO2. The normalized spacial score (nSPS) is 16.7. The molecule has 2 rings (SSSR count). The number of anilines is 1. The predicted molar refractivity (Wildman–Crippen MR) is 68.6 cm³/mol. The highest BCUT2D eigenvalue weighted by atomic mass is 19.1. The molecule has 1 aliphatic rings. The molecule has 1 aliphatic heterocycles. The van der Waals surface area contributed by atoms with E-state index in [0.717, 1.165) is 25.0 Å². The smallest absolute Gasteiger partial charge is 0.150 e. The first-order valence-corrected chi connectivity index (χ1v) is 6.46. The van der Waals surface area contributed by atoms with Gasteiger partial charge in [-0.3, -0.25) is 4.79 Å². The summed E-state index contributed by atoms with van der Waals surface area (Å²) in [4.78, 5) is 12.2. The number of hydrogen-bond donors (Lipinski definition) is 0. The van der Waals surface area contributed by atoms with Crippen molar-refractivity contribution < 1.29 is 18.3 Å². The highest BCUT2D eigenvalue weighted by Crippen LogP contribution is 2.28. The summed E-state index contributed by atoms with van der Waals surface area (Å²) in [7, 11) is 0. The van der Waals surface area contributed by atoms with E-state index in [1.54, 1.807) is 4.90 Å². The van der Waals surface area contributed by atoms with Crippen LogP contribution in [0.3, 0.4) is 0 Å². The highest BCUT2D eigenvalue weighted by Gasteiger charge is 2.24. The van der Waals surface area contributed by atoms with Gasteiger partial charge in [-0.25, -0.2) is 8.78 Å². The van der Waals surface area contributed by atoms with Gasteiger partial charge in [-0.15, -0.1) is 0 Å². The molecule has 1 heterocycles. The number of rotatable bonds is 4. The number of carbonyl (C=O) groups is 1. The zero-order chi connectivity index (χ0) is 13.8. The lowest BCUT2D eigenvalue weighted by atomic mass is 10.1. The molecule has 0 atom stereocenters. The molecule has 104 valence electrons. The van der Waals surface area contributed by atoms with Crippen LogP contribution in [-0.4, -0.2) is 32.1 Å². The molecule has 1 aromatic carbocycles. The fourth-order valence-electron chi connectivity index (χ4n) is 2.44. The predicted octanol–water partition coefficient (Wildman–Crippen LogP) is 2.78. The van der Waals surface area contributed by atoms with E-state index >= 15 is 0 Å². The zero-order valence-electron chi connectivity index (χ0n) is 10.9. The van der Waals surface area contributed by atoms with Crippen LogP contribution in [0.25, 0.3) is 0 Å². The number of piperidine rings is 1. The first kappa shape index (κ1) is 13.9. The molecule has 1 fully saturated rings. The lowest BCUT2D eigenvalue weighted by molar-refractivity contribution is 0.0457. The summed E-state index contributed by atoms with van der Waals surface area (Å²) in [5, 5.41) is 0. The van der Waals surface area contributed by atoms with E-state index < -0.39 is 11.6 Å². The van der Waals surface area contributed by atoms with Gasteiger partial charge in [0.25, 0.3) is 0 Å². The van der Waals surface area contributed by atoms with Gasteiger partial charge in [0.15, 0.2) is 0 Å². The molecule has 0 N–H and O–H groups in total. The maximum absolute atomic E-state index is 13.9. The lowest BCUT2D eigenvalue weighted by Gasteiger charge is -2.33. The van der Waals surface area contributed by atoms with Crippen molar-refractivity contribution in [1.82, 2.24) is 0 Å². The second-order valence-electron chi connectivity index (χ2n) is 4.59. The summed E-state index contributed by atoms with van der Waals surface area (Å²) < 4.78 is 33.2. The summed E-state index contributed by atoms with van der Waals surface area (Å²) >= 11 is 0. The standard InChI is InChI=1S/C14H17F2NO2/c1-2-19-11-3-5-17(6-4-11)14-12(15)7-10(9-18)8-13(14)16/h7-9,11H,2-6H2,1H3. The fourth-order valence-corrected chi connectivity index (χ4v) is 2.44. The molecule has 0 bridgehead atoms. The van der Waals surface area contributed by atoms with Crippen LogP contribution in [-0.2, 0) is 4.74 Å². The Morgan fingerprint density at radius 2 is 1.89 bits per heavy atom. The SMILES string of the molecule is CCOC1CCN(c2c(F)cc(C=O)cc2F)CC1. The van der Waals surface area contributed by atoms with E-state index in [1.807, 2.05) is 6.92 Å². The molecule has 0 aliphatic carbocycles. The van der Waals surface area contributed by atoms with Gasteiger partial charge in [-0.2, -0.15) is 0 Å². The van der Waals surface area contributed by atoms with Gasteiger partial charge in [0.05, 0.1) is 6.10 Å². The minimum Gasteiger partial charge on any atom is -0.378 e. The Labute approximate surface area is 111 Å². The number of carbonyl (C=O) groups excluding carboxylic acids is 1. The first-order chi connectivity index (χ1) is 9.15. The second-order valence-corrected chi connectivity index (χ2v) is 4.59. The lowest BCUT2D eigenvalue weighted by Crippen LogP contribution is -2.38. The number of nitrogens with zero attached hydrogens (tertiary/aromatic N) is 1. The van der Waals surface area contributed by atoms with Gasteiger partial charge in [-0.05, 0) is 31.9 Å². The Hall–Kier alpha value is -1.49. The van der Waals surface area contributed by atoms with E-state index in [9.17, 15) is 13.6 Å². The molecule has 1 aromatic rings. The summed E-state index contributed by atoms with van der Waals surface area (Å²) in [5.41, 5.74) is -0.0245. The van der Waals surface area contributed by atoms with Crippen LogP contribution in [0.4, 0.5) is 14.5 Å². The largest absolute Gasteiger partial charge is 0.378 e. The van der Waals surface area contributed by atoms with Crippen molar-refractivity contribution in [2.75, 3.05) is 24.6 Å². The van der Waals surface area contributed by atoms with Crippen molar-refractivity contribution in [3.8, 4) is 0 Å². The van der Waals surface area contributed by atoms with E-state index in [0.29, 0.717) is 26.0 Å². The Bertz CT molecular complexity index is 434. The Morgan fingerprint density at radius 1 is 1.32 bits per heavy atom. The van der Waals surface area contributed by atoms with Crippen LogP contribution in [0.1, 0.15) is 30.1 Å². The van der Waals surface area contributed by atoms with Crippen LogP contribution >= 0.6 is 0 Å².